The third-order valence-electron chi connectivity index (χ3n) is 4.20. The molecular formula is C21H27NO. The second-order valence-electron chi connectivity index (χ2n) is 6.79. The number of ketones is 1. The maximum Gasteiger partial charge on any atom is 0.168 e. The van der Waals surface area contributed by atoms with Gasteiger partial charge in [-0.2, -0.15) is 0 Å². The van der Waals surface area contributed by atoms with Gasteiger partial charge in [-0.05, 0) is 58.0 Å². The first kappa shape index (κ1) is 17.4. The molecule has 0 spiro atoms. The molecule has 2 heteroatoms. The lowest BCUT2D eigenvalue weighted by Crippen LogP contribution is -2.30. The van der Waals surface area contributed by atoms with Crippen molar-refractivity contribution in [2.45, 2.75) is 27.2 Å². The van der Waals surface area contributed by atoms with Crippen LogP contribution in [0.2, 0.25) is 0 Å². The van der Waals surface area contributed by atoms with E-state index >= 15 is 0 Å². The highest BCUT2D eigenvalue weighted by Gasteiger charge is 2.24. The van der Waals surface area contributed by atoms with Crippen LogP contribution in [0.15, 0.2) is 42.5 Å². The fraction of sp³-hybridized carbons (Fsp3) is 0.381. The van der Waals surface area contributed by atoms with Gasteiger partial charge in [0, 0.05) is 18.0 Å². The Bertz CT molecular complexity index is 650. The molecule has 2 aromatic carbocycles. The van der Waals surface area contributed by atoms with E-state index in [9.17, 15) is 4.79 Å². The Labute approximate surface area is 140 Å². The van der Waals surface area contributed by atoms with E-state index in [1.807, 2.05) is 46.1 Å². The molecular weight excluding hydrogens is 282 g/mol. The van der Waals surface area contributed by atoms with E-state index < -0.39 is 0 Å². The first-order valence-electron chi connectivity index (χ1n) is 8.19. The molecule has 2 aromatic rings. The molecule has 1 unspecified atom stereocenters. The van der Waals surface area contributed by atoms with Crippen molar-refractivity contribution < 1.29 is 4.79 Å². The summed E-state index contributed by atoms with van der Waals surface area (Å²) in [6, 6.07) is 14.5. The number of rotatable bonds is 6. The van der Waals surface area contributed by atoms with Gasteiger partial charge in [-0.25, -0.2) is 0 Å². The summed E-state index contributed by atoms with van der Waals surface area (Å²) in [6.45, 7) is 6.93. The number of Topliss-reactive ketones (excluding diaryl/α,β-unsaturated/α-hetero) is 1. The van der Waals surface area contributed by atoms with Crippen LogP contribution in [0.4, 0.5) is 0 Å². The second-order valence-corrected chi connectivity index (χ2v) is 6.79. The fourth-order valence-corrected chi connectivity index (χ4v) is 3.35. The van der Waals surface area contributed by atoms with E-state index in [1.165, 1.54) is 11.1 Å². The molecule has 0 N–H and O–H groups in total. The van der Waals surface area contributed by atoms with Crippen LogP contribution in [0, 0.1) is 26.7 Å². The van der Waals surface area contributed by atoms with Crippen molar-refractivity contribution in [3.05, 3.63) is 70.3 Å². The number of carbonyl (C=O) groups excluding carboxylic acids is 1. The van der Waals surface area contributed by atoms with Crippen LogP contribution in [-0.4, -0.2) is 31.3 Å². The van der Waals surface area contributed by atoms with Gasteiger partial charge in [-0.1, -0.05) is 48.0 Å². The zero-order valence-corrected chi connectivity index (χ0v) is 14.9. The number of carbonyl (C=O) groups is 1. The van der Waals surface area contributed by atoms with Crippen molar-refractivity contribution >= 4 is 5.78 Å². The highest BCUT2D eigenvalue weighted by atomic mass is 16.1. The van der Waals surface area contributed by atoms with Crippen LogP contribution < -0.4 is 0 Å². The third kappa shape index (κ3) is 4.52. The zero-order valence-electron chi connectivity index (χ0n) is 14.9. The maximum absolute atomic E-state index is 13.2. The zero-order chi connectivity index (χ0) is 17.0. The maximum atomic E-state index is 13.2. The Balaban J connectivity index is 2.34. The van der Waals surface area contributed by atoms with Gasteiger partial charge in [0.1, 0.15) is 0 Å². The Hall–Kier alpha value is -1.93. The molecule has 0 heterocycles. The van der Waals surface area contributed by atoms with Gasteiger partial charge >= 0.3 is 0 Å². The van der Waals surface area contributed by atoms with Gasteiger partial charge < -0.3 is 4.90 Å². The van der Waals surface area contributed by atoms with Gasteiger partial charge in [0.05, 0.1) is 0 Å². The quantitative estimate of drug-likeness (QED) is 0.745. The Morgan fingerprint density at radius 3 is 2.09 bits per heavy atom. The Morgan fingerprint density at radius 1 is 1.00 bits per heavy atom. The minimum absolute atomic E-state index is 0.0208. The van der Waals surface area contributed by atoms with Gasteiger partial charge in [0.2, 0.25) is 0 Å². The summed E-state index contributed by atoms with van der Waals surface area (Å²) >= 11 is 0. The van der Waals surface area contributed by atoms with Crippen molar-refractivity contribution in [1.82, 2.24) is 4.90 Å². The number of benzene rings is 2. The van der Waals surface area contributed by atoms with Crippen molar-refractivity contribution in [3.8, 4) is 0 Å². The largest absolute Gasteiger partial charge is 0.309 e. The molecule has 0 amide bonds. The van der Waals surface area contributed by atoms with Crippen LogP contribution in [0.25, 0.3) is 0 Å². The minimum atomic E-state index is -0.0208. The summed E-state index contributed by atoms with van der Waals surface area (Å²) in [7, 11) is 4.06. The molecule has 122 valence electrons. The summed E-state index contributed by atoms with van der Waals surface area (Å²) in [5.74, 6) is 0.241. The van der Waals surface area contributed by atoms with Gasteiger partial charge in [-0.3, -0.25) is 4.79 Å². The molecule has 0 aromatic heterocycles. The third-order valence-corrected chi connectivity index (χ3v) is 4.20. The van der Waals surface area contributed by atoms with Gasteiger partial charge in [0.25, 0.3) is 0 Å². The van der Waals surface area contributed by atoms with Crippen LogP contribution in [0.3, 0.4) is 0 Å². The van der Waals surface area contributed by atoms with Gasteiger partial charge in [0.15, 0.2) is 5.78 Å². The highest BCUT2D eigenvalue weighted by Crippen LogP contribution is 2.22. The molecule has 0 aliphatic rings. The Kier molecular flexibility index (Phi) is 5.73. The smallest absolute Gasteiger partial charge is 0.168 e. The topological polar surface area (TPSA) is 20.3 Å². The van der Waals surface area contributed by atoms with Crippen molar-refractivity contribution in [2.24, 2.45) is 5.92 Å². The first-order chi connectivity index (χ1) is 10.9. The molecule has 2 rings (SSSR count). The second kappa shape index (κ2) is 7.56. The highest BCUT2D eigenvalue weighted by molar-refractivity contribution is 6.00. The van der Waals surface area contributed by atoms with Crippen LogP contribution >= 0.6 is 0 Å². The van der Waals surface area contributed by atoms with Crippen molar-refractivity contribution in [2.75, 3.05) is 20.6 Å². The molecule has 0 aliphatic carbocycles. The summed E-state index contributed by atoms with van der Waals surface area (Å²) in [5.41, 5.74) is 5.51. The predicted molar refractivity (Wildman–Crippen MR) is 97.2 cm³/mol. The summed E-state index contributed by atoms with van der Waals surface area (Å²) in [6.07, 6.45) is 0.782. The molecule has 0 radical (unpaired) electrons. The standard InChI is InChI=1S/C21H27NO/c1-15-11-16(2)20(17(3)12-15)21(23)19(14-22(4)5)13-18-9-7-6-8-10-18/h6-12,19H,13-14H2,1-5H3. The monoisotopic (exact) mass is 309 g/mol. The van der Waals surface area contributed by atoms with Crippen molar-refractivity contribution in [3.63, 3.8) is 0 Å². The molecule has 0 saturated carbocycles. The SMILES string of the molecule is Cc1cc(C)c(C(=O)C(Cc2ccccc2)CN(C)C)c(C)c1. The summed E-state index contributed by atoms with van der Waals surface area (Å²) in [5, 5.41) is 0. The molecule has 2 nitrogen and oxygen atoms in total. The summed E-state index contributed by atoms with van der Waals surface area (Å²) < 4.78 is 0. The van der Waals surface area contributed by atoms with Gasteiger partial charge in [-0.15, -0.1) is 0 Å². The van der Waals surface area contributed by atoms with E-state index in [0.29, 0.717) is 0 Å². The molecule has 0 fully saturated rings. The molecule has 0 saturated heterocycles. The normalized spacial score (nSPS) is 12.4. The van der Waals surface area contributed by atoms with E-state index in [0.717, 1.165) is 29.7 Å². The Morgan fingerprint density at radius 2 is 1.57 bits per heavy atom. The number of aryl methyl sites for hydroxylation is 3. The lowest BCUT2D eigenvalue weighted by Gasteiger charge is -2.22. The first-order valence-corrected chi connectivity index (χ1v) is 8.19. The van der Waals surface area contributed by atoms with E-state index in [1.54, 1.807) is 0 Å². The van der Waals surface area contributed by atoms with E-state index in [2.05, 4.69) is 36.1 Å². The van der Waals surface area contributed by atoms with Crippen molar-refractivity contribution in [1.29, 1.82) is 0 Å². The van der Waals surface area contributed by atoms with Crippen LogP contribution in [0.5, 0.6) is 0 Å². The summed E-state index contributed by atoms with van der Waals surface area (Å²) in [4.78, 5) is 15.3. The number of nitrogens with zero attached hydrogens (tertiary/aromatic N) is 1. The lowest BCUT2D eigenvalue weighted by atomic mass is 9.86. The van der Waals surface area contributed by atoms with Crippen LogP contribution in [0.1, 0.15) is 32.6 Å². The fourth-order valence-electron chi connectivity index (χ4n) is 3.35. The van der Waals surface area contributed by atoms with Crippen LogP contribution in [-0.2, 0) is 6.42 Å². The number of hydrogen-bond donors (Lipinski definition) is 0. The molecule has 0 bridgehead atoms. The molecule has 23 heavy (non-hydrogen) atoms. The number of hydrogen-bond acceptors (Lipinski definition) is 2. The molecule has 0 aliphatic heterocycles. The average molecular weight is 309 g/mol. The molecule has 1 atom stereocenters. The predicted octanol–water partition coefficient (Wildman–Crippen LogP) is 4.22. The average Bonchev–Trinajstić information content (AvgIpc) is 2.46. The van der Waals surface area contributed by atoms with E-state index in [-0.39, 0.29) is 11.7 Å². The van der Waals surface area contributed by atoms with E-state index in [4.69, 9.17) is 0 Å². The lowest BCUT2D eigenvalue weighted by molar-refractivity contribution is 0.0895. The minimum Gasteiger partial charge on any atom is -0.309 e.